The zero-order valence-corrected chi connectivity index (χ0v) is 22.1. The summed E-state index contributed by atoms with van der Waals surface area (Å²) in [4.78, 5) is 25.3. The number of thioether (sulfide) groups is 1. The Morgan fingerprint density at radius 1 is 1.00 bits per heavy atom. The molecule has 0 saturated heterocycles. The molecule has 0 atom stereocenters. The van der Waals surface area contributed by atoms with Gasteiger partial charge in [0.1, 0.15) is 5.75 Å². The molecule has 11 heteroatoms. The fraction of sp³-hybridized carbons (Fsp3) is 0.154. The largest absolute Gasteiger partial charge is 0.494 e. The van der Waals surface area contributed by atoms with Gasteiger partial charge < -0.3 is 15.4 Å². The molecule has 0 saturated carbocycles. The van der Waals surface area contributed by atoms with Crippen LogP contribution >= 0.6 is 35.0 Å². The summed E-state index contributed by atoms with van der Waals surface area (Å²) >= 11 is 13.4. The van der Waals surface area contributed by atoms with Gasteiger partial charge in [-0.25, -0.2) is 0 Å². The summed E-state index contributed by atoms with van der Waals surface area (Å²) in [5, 5.41) is 15.4. The van der Waals surface area contributed by atoms with Crippen molar-refractivity contribution in [3.8, 4) is 11.4 Å². The first-order valence-corrected chi connectivity index (χ1v) is 13.1. The molecule has 0 aliphatic carbocycles. The van der Waals surface area contributed by atoms with Gasteiger partial charge in [0, 0.05) is 16.4 Å². The van der Waals surface area contributed by atoms with Crippen molar-refractivity contribution in [2.75, 3.05) is 17.7 Å². The highest BCUT2D eigenvalue weighted by Crippen LogP contribution is 2.24. The van der Waals surface area contributed by atoms with Gasteiger partial charge in [-0.05, 0) is 61.5 Å². The lowest BCUT2D eigenvalue weighted by molar-refractivity contribution is -0.113. The van der Waals surface area contributed by atoms with E-state index >= 15 is 0 Å². The number of nitrogens with one attached hydrogen (secondary N) is 2. The fourth-order valence-corrected chi connectivity index (χ4v) is 4.55. The molecular weight excluding hydrogens is 533 g/mol. The number of ether oxygens (including phenoxy) is 1. The van der Waals surface area contributed by atoms with Gasteiger partial charge in [0.2, 0.25) is 5.91 Å². The number of para-hydroxylation sites is 1. The lowest BCUT2D eigenvalue weighted by Gasteiger charge is -2.11. The summed E-state index contributed by atoms with van der Waals surface area (Å²) in [5.41, 5.74) is 1.73. The summed E-state index contributed by atoms with van der Waals surface area (Å²) in [7, 11) is 0. The number of carbonyl (C=O) groups excluding carboxylic acids is 2. The molecule has 37 heavy (non-hydrogen) atoms. The second kappa shape index (κ2) is 12.6. The topological polar surface area (TPSA) is 98.1 Å². The Hall–Kier alpha value is -3.53. The molecule has 1 heterocycles. The minimum atomic E-state index is -0.390. The lowest BCUT2D eigenvalue weighted by Crippen LogP contribution is -2.25. The molecule has 0 unspecified atom stereocenters. The number of aromatic nitrogens is 3. The van der Waals surface area contributed by atoms with Crippen molar-refractivity contribution in [3.63, 3.8) is 0 Å². The molecular formula is C26H23Cl2N5O3S. The predicted molar refractivity (Wildman–Crippen MR) is 146 cm³/mol. The lowest BCUT2D eigenvalue weighted by atomic mass is 10.2. The van der Waals surface area contributed by atoms with Crippen LogP contribution in [0.15, 0.2) is 78.0 Å². The maximum absolute atomic E-state index is 12.7. The van der Waals surface area contributed by atoms with Crippen molar-refractivity contribution < 1.29 is 14.3 Å². The van der Waals surface area contributed by atoms with Crippen molar-refractivity contribution >= 4 is 52.5 Å². The van der Waals surface area contributed by atoms with E-state index in [9.17, 15) is 9.59 Å². The number of benzene rings is 3. The maximum atomic E-state index is 12.7. The molecule has 0 bridgehead atoms. The van der Waals surface area contributed by atoms with E-state index in [1.165, 1.54) is 17.8 Å². The Morgan fingerprint density at radius 3 is 2.49 bits per heavy atom. The van der Waals surface area contributed by atoms with Crippen LogP contribution in [0.2, 0.25) is 10.0 Å². The van der Waals surface area contributed by atoms with Crippen LogP contribution in [-0.4, -0.2) is 38.9 Å². The summed E-state index contributed by atoms with van der Waals surface area (Å²) in [6.45, 7) is 2.57. The highest BCUT2D eigenvalue weighted by Gasteiger charge is 2.18. The SMILES string of the molecule is CCOc1ccc(NC(=O)CSc2nnc(CNC(=O)c3cc(Cl)ccc3Cl)n2-c2ccccc2)cc1. The molecule has 0 radical (unpaired) electrons. The normalized spacial score (nSPS) is 10.7. The molecule has 2 N–H and O–H groups in total. The minimum absolute atomic E-state index is 0.0858. The van der Waals surface area contributed by atoms with Crippen LogP contribution in [0.25, 0.3) is 5.69 Å². The second-order valence-electron chi connectivity index (χ2n) is 7.67. The van der Waals surface area contributed by atoms with Crippen LogP contribution in [0, 0.1) is 0 Å². The summed E-state index contributed by atoms with van der Waals surface area (Å²) < 4.78 is 7.23. The van der Waals surface area contributed by atoms with Crippen LogP contribution in [0.4, 0.5) is 5.69 Å². The molecule has 0 spiro atoms. The van der Waals surface area contributed by atoms with Gasteiger partial charge >= 0.3 is 0 Å². The van der Waals surface area contributed by atoms with Crippen molar-refractivity contribution in [3.05, 3.63) is 94.2 Å². The third kappa shape index (κ3) is 7.03. The minimum Gasteiger partial charge on any atom is -0.494 e. The van der Waals surface area contributed by atoms with Gasteiger partial charge in [-0.1, -0.05) is 53.2 Å². The zero-order valence-electron chi connectivity index (χ0n) is 19.8. The zero-order chi connectivity index (χ0) is 26.2. The Balaban J connectivity index is 1.46. The third-order valence-corrected chi connectivity index (χ3v) is 6.57. The smallest absolute Gasteiger partial charge is 0.253 e. The van der Waals surface area contributed by atoms with E-state index in [2.05, 4.69) is 20.8 Å². The first kappa shape index (κ1) is 26.5. The number of anilines is 1. The average molecular weight is 556 g/mol. The summed E-state index contributed by atoms with van der Waals surface area (Å²) in [5.74, 6) is 0.763. The van der Waals surface area contributed by atoms with Crippen molar-refractivity contribution in [2.24, 2.45) is 0 Å². The highest BCUT2D eigenvalue weighted by molar-refractivity contribution is 7.99. The molecule has 2 amide bonds. The molecule has 0 fully saturated rings. The first-order chi connectivity index (χ1) is 17.9. The third-order valence-electron chi connectivity index (χ3n) is 5.08. The number of halogens is 2. The average Bonchev–Trinajstić information content (AvgIpc) is 3.32. The van der Waals surface area contributed by atoms with Crippen LogP contribution in [0.3, 0.4) is 0 Å². The van der Waals surface area contributed by atoms with E-state index < -0.39 is 0 Å². The number of amides is 2. The first-order valence-electron chi connectivity index (χ1n) is 11.3. The molecule has 190 valence electrons. The Labute approximate surface area is 228 Å². The number of hydrogen-bond donors (Lipinski definition) is 2. The predicted octanol–water partition coefficient (Wildman–Crippen LogP) is 5.63. The highest BCUT2D eigenvalue weighted by atomic mass is 35.5. The molecule has 4 aromatic rings. The molecule has 0 aliphatic heterocycles. The van der Waals surface area contributed by atoms with Gasteiger partial charge in [-0.15, -0.1) is 10.2 Å². The number of rotatable bonds is 10. The Morgan fingerprint density at radius 2 is 1.76 bits per heavy atom. The standard InChI is InChI=1S/C26H23Cl2N5O3S/c1-2-36-20-11-9-18(10-12-20)30-24(34)16-37-26-32-31-23(33(26)19-6-4-3-5-7-19)15-29-25(35)21-14-17(27)8-13-22(21)28/h3-14H,2,15-16H2,1H3,(H,29,35)(H,30,34). The summed E-state index contributed by atoms with van der Waals surface area (Å²) in [6.07, 6.45) is 0. The van der Waals surface area contributed by atoms with Gasteiger partial charge in [-0.2, -0.15) is 0 Å². The van der Waals surface area contributed by atoms with E-state index in [0.29, 0.717) is 33.3 Å². The Bertz CT molecular complexity index is 1380. The molecule has 0 aliphatic rings. The molecule has 8 nitrogen and oxygen atoms in total. The van der Waals surface area contributed by atoms with Crippen molar-refractivity contribution in [1.29, 1.82) is 0 Å². The van der Waals surface area contributed by atoms with Gasteiger partial charge in [0.25, 0.3) is 5.91 Å². The molecule has 4 rings (SSSR count). The molecule has 3 aromatic carbocycles. The van der Waals surface area contributed by atoms with Crippen molar-refractivity contribution in [2.45, 2.75) is 18.6 Å². The van der Waals surface area contributed by atoms with Gasteiger partial charge in [0.05, 0.1) is 29.5 Å². The molecule has 1 aromatic heterocycles. The van der Waals surface area contributed by atoms with Crippen LogP contribution in [0.5, 0.6) is 5.75 Å². The van der Waals surface area contributed by atoms with Gasteiger partial charge in [-0.3, -0.25) is 14.2 Å². The number of hydrogen-bond acceptors (Lipinski definition) is 6. The Kier molecular flexibility index (Phi) is 9.05. The van der Waals surface area contributed by atoms with Crippen LogP contribution < -0.4 is 15.4 Å². The fourth-order valence-electron chi connectivity index (χ4n) is 3.40. The van der Waals surface area contributed by atoms with E-state index in [1.54, 1.807) is 41.0 Å². The van der Waals surface area contributed by atoms with Crippen molar-refractivity contribution in [1.82, 2.24) is 20.1 Å². The van der Waals surface area contributed by atoms with E-state index in [-0.39, 0.29) is 29.7 Å². The number of nitrogens with zero attached hydrogens (tertiary/aromatic N) is 3. The summed E-state index contributed by atoms with van der Waals surface area (Å²) in [6, 6.07) is 21.3. The maximum Gasteiger partial charge on any atom is 0.253 e. The van der Waals surface area contributed by atoms with Crippen LogP contribution in [-0.2, 0) is 11.3 Å². The monoisotopic (exact) mass is 555 g/mol. The quantitative estimate of drug-likeness (QED) is 0.246. The van der Waals surface area contributed by atoms with E-state index in [1.807, 2.05) is 37.3 Å². The van der Waals surface area contributed by atoms with E-state index in [4.69, 9.17) is 27.9 Å². The van der Waals surface area contributed by atoms with Gasteiger partial charge in [0.15, 0.2) is 11.0 Å². The second-order valence-corrected chi connectivity index (χ2v) is 9.46. The van der Waals surface area contributed by atoms with Crippen LogP contribution in [0.1, 0.15) is 23.1 Å². The van der Waals surface area contributed by atoms with E-state index in [0.717, 1.165) is 11.4 Å². The number of carbonyl (C=O) groups is 2.